The van der Waals surface area contributed by atoms with E-state index in [4.69, 9.17) is 4.74 Å². The Morgan fingerprint density at radius 2 is 1.32 bits per heavy atom. The standard InChI is InChI=1S/C22H21NO5.C12H15NO3/c1-28-17-9-10-18(20(25)13-17)22(27)23-16-7-4-14(5-8-16)2-3-15-6-11-19(24)21(26)12-15;1-12(2,3)13-11(16)10(15)8-6-4-5-7-9(8)14/h4-13,24-26H,2-3H2,1H3,(H,23,27);4-7,14H,1-3H3,(H,13,16). The summed E-state index contributed by atoms with van der Waals surface area (Å²) < 4.78 is 5.01. The van der Waals surface area contributed by atoms with Crippen molar-refractivity contribution >= 4 is 23.3 Å². The second-order valence-corrected chi connectivity index (χ2v) is 10.9. The molecular formula is C34H36N2O8. The molecule has 0 aliphatic rings. The Balaban J connectivity index is 0.000000281. The summed E-state index contributed by atoms with van der Waals surface area (Å²) >= 11 is 0. The van der Waals surface area contributed by atoms with Crippen molar-refractivity contribution < 1.29 is 39.5 Å². The van der Waals surface area contributed by atoms with E-state index in [-0.39, 0.29) is 34.1 Å². The normalized spacial score (nSPS) is 10.6. The maximum absolute atomic E-state index is 12.3. The van der Waals surface area contributed by atoms with E-state index < -0.39 is 23.1 Å². The van der Waals surface area contributed by atoms with Crippen LogP contribution in [0, 0.1) is 0 Å². The fourth-order valence-corrected chi connectivity index (χ4v) is 3.98. The van der Waals surface area contributed by atoms with Gasteiger partial charge in [0.1, 0.15) is 17.2 Å². The van der Waals surface area contributed by atoms with Gasteiger partial charge < -0.3 is 35.8 Å². The molecule has 2 amide bonds. The van der Waals surface area contributed by atoms with E-state index >= 15 is 0 Å². The van der Waals surface area contributed by atoms with Crippen molar-refractivity contribution in [1.82, 2.24) is 5.32 Å². The summed E-state index contributed by atoms with van der Waals surface area (Å²) in [5.41, 5.74) is 2.31. The second-order valence-electron chi connectivity index (χ2n) is 10.9. The van der Waals surface area contributed by atoms with E-state index in [9.17, 15) is 34.8 Å². The number of rotatable bonds is 8. The molecule has 0 radical (unpaired) electrons. The number of hydrogen-bond donors (Lipinski definition) is 6. The van der Waals surface area contributed by atoms with E-state index in [1.54, 1.807) is 63.2 Å². The van der Waals surface area contributed by atoms with Gasteiger partial charge >= 0.3 is 0 Å². The van der Waals surface area contributed by atoms with Crippen LogP contribution in [0.3, 0.4) is 0 Å². The van der Waals surface area contributed by atoms with Crippen LogP contribution in [0.1, 0.15) is 52.6 Å². The van der Waals surface area contributed by atoms with Gasteiger partial charge in [0.05, 0.1) is 18.2 Å². The number of anilines is 1. The SMILES string of the molecule is CC(C)(C)NC(=O)C(=O)c1ccccc1O.COc1ccc(C(=O)Nc2ccc(CCc3ccc(O)c(O)c3)cc2)c(O)c1. The molecule has 4 aromatic rings. The second kappa shape index (κ2) is 14.6. The molecule has 0 saturated heterocycles. The summed E-state index contributed by atoms with van der Waals surface area (Å²) in [5.74, 6) is -1.97. The number of hydrogen-bond acceptors (Lipinski definition) is 8. The van der Waals surface area contributed by atoms with Crippen LogP contribution < -0.4 is 15.4 Å². The number of carbonyl (C=O) groups excluding carboxylic acids is 3. The van der Waals surface area contributed by atoms with Crippen LogP contribution in [0.5, 0.6) is 28.7 Å². The number of ether oxygens (including phenoxy) is 1. The Morgan fingerprint density at radius 3 is 1.91 bits per heavy atom. The minimum atomic E-state index is -0.729. The van der Waals surface area contributed by atoms with Gasteiger partial charge in [-0.15, -0.1) is 0 Å². The Morgan fingerprint density at radius 1 is 0.682 bits per heavy atom. The number of amides is 2. The van der Waals surface area contributed by atoms with Crippen molar-refractivity contribution in [3.05, 3.63) is 107 Å². The molecular weight excluding hydrogens is 564 g/mol. The number of aromatic hydroxyl groups is 4. The summed E-state index contributed by atoms with van der Waals surface area (Å²) in [7, 11) is 1.49. The summed E-state index contributed by atoms with van der Waals surface area (Å²) in [6, 6.07) is 22.7. The molecule has 6 N–H and O–H groups in total. The predicted molar refractivity (Wildman–Crippen MR) is 167 cm³/mol. The van der Waals surface area contributed by atoms with Crippen molar-refractivity contribution in [2.24, 2.45) is 0 Å². The van der Waals surface area contributed by atoms with E-state index in [1.807, 2.05) is 12.1 Å². The van der Waals surface area contributed by atoms with Crippen LogP contribution >= 0.6 is 0 Å². The predicted octanol–water partition coefficient (Wildman–Crippen LogP) is 5.34. The van der Waals surface area contributed by atoms with Crippen LogP contribution in [-0.2, 0) is 17.6 Å². The molecule has 0 aromatic heterocycles. The zero-order valence-corrected chi connectivity index (χ0v) is 24.9. The summed E-state index contributed by atoms with van der Waals surface area (Å²) in [5, 5.41) is 43.6. The maximum atomic E-state index is 12.3. The Hall–Kier alpha value is -5.51. The smallest absolute Gasteiger partial charge is 0.292 e. The third-order valence-corrected chi connectivity index (χ3v) is 6.25. The number of ketones is 1. The van der Waals surface area contributed by atoms with Crippen molar-refractivity contribution in [2.75, 3.05) is 12.4 Å². The highest BCUT2D eigenvalue weighted by Crippen LogP contribution is 2.26. The first-order valence-electron chi connectivity index (χ1n) is 13.7. The minimum absolute atomic E-state index is 0.0178. The molecule has 0 aliphatic carbocycles. The van der Waals surface area contributed by atoms with E-state index in [2.05, 4.69) is 10.6 Å². The molecule has 0 unspecified atom stereocenters. The lowest BCUT2D eigenvalue weighted by Crippen LogP contribution is -2.44. The van der Waals surface area contributed by atoms with Gasteiger partial charge in [0, 0.05) is 17.3 Å². The molecule has 230 valence electrons. The largest absolute Gasteiger partial charge is 0.507 e. The van der Waals surface area contributed by atoms with Crippen molar-refractivity contribution in [3.8, 4) is 28.7 Å². The van der Waals surface area contributed by atoms with Gasteiger partial charge in [0.25, 0.3) is 17.6 Å². The van der Waals surface area contributed by atoms with Crippen molar-refractivity contribution in [3.63, 3.8) is 0 Å². The molecule has 10 nitrogen and oxygen atoms in total. The number of carbonyl (C=O) groups is 3. The highest BCUT2D eigenvalue weighted by Gasteiger charge is 2.23. The Bertz CT molecular complexity index is 1630. The van der Waals surface area contributed by atoms with Crippen LogP contribution in [0.15, 0.2) is 84.9 Å². The van der Waals surface area contributed by atoms with Gasteiger partial charge in [0.2, 0.25) is 0 Å². The van der Waals surface area contributed by atoms with Crippen molar-refractivity contribution in [1.29, 1.82) is 0 Å². The quantitative estimate of drug-likeness (QED) is 0.0896. The molecule has 0 heterocycles. The van der Waals surface area contributed by atoms with Crippen LogP contribution in [0.2, 0.25) is 0 Å². The van der Waals surface area contributed by atoms with Gasteiger partial charge in [-0.1, -0.05) is 30.3 Å². The molecule has 44 heavy (non-hydrogen) atoms. The molecule has 0 aliphatic heterocycles. The lowest BCUT2D eigenvalue weighted by atomic mass is 10.0. The first-order valence-corrected chi connectivity index (χ1v) is 13.7. The lowest BCUT2D eigenvalue weighted by Gasteiger charge is -2.19. The fraction of sp³-hybridized carbons (Fsp3) is 0.206. The highest BCUT2D eigenvalue weighted by atomic mass is 16.5. The minimum Gasteiger partial charge on any atom is -0.507 e. The molecule has 0 fully saturated rings. The van der Waals surface area contributed by atoms with Gasteiger partial charge in [0.15, 0.2) is 11.5 Å². The molecule has 0 spiro atoms. The summed E-state index contributed by atoms with van der Waals surface area (Å²) in [6.45, 7) is 5.34. The number of phenolic OH excluding ortho intramolecular Hbond substituents is 4. The summed E-state index contributed by atoms with van der Waals surface area (Å²) in [4.78, 5) is 35.5. The molecule has 0 saturated carbocycles. The van der Waals surface area contributed by atoms with Crippen LogP contribution in [0.4, 0.5) is 5.69 Å². The van der Waals surface area contributed by atoms with E-state index in [0.717, 1.165) is 17.5 Å². The zero-order chi connectivity index (χ0) is 32.4. The number of benzene rings is 4. The summed E-state index contributed by atoms with van der Waals surface area (Å²) in [6.07, 6.45) is 1.46. The van der Waals surface area contributed by atoms with Gasteiger partial charge in [-0.2, -0.15) is 0 Å². The van der Waals surface area contributed by atoms with E-state index in [0.29, 0.717) is 17.9 Å². The van der Waals surface area contributed by atoms with E-state index in [1.165, 1.54) is 37.4 Å². The number of methoxy groups -OCH3 is 1. The van der Waals surface area contributed by atoms with Gasteiger partial charge in [-0.05, 0) is 93.3 Å². The first kappa shape index (κ1) is 33.0. The molecule has 0 bridgehead atoms. The number of phenols is 4. The van der Waals surface area contributed by atoms with Gasteiger partial charge in [-0.3, -0.25) is 14.4 Å². The zero-order valence-electron chi connectivity index (χ0n) is 24.9. The van der Waals surface area contributed by atoms with Crippen molar-refractivity contribution in [2.45, 2.75) is 39.2 Å². The lowest BCUT2D eigenvalue weighted by molar-refractivity contribution is -0.118. The monoisotopic (exact) mass is 600 g/mol. The molecule has 4 aromatic carbocycles. The maximum Gasteiger partial charge on any atom is 0.292 e. The van der Waals surface area contributed by atoms with Gasteiger partial charge in [-0.25, -0.2) is 0 Å². The topological polar surface area (TPSA) is 165 Å². The Kier molecular flexibility index (Phi) is 10.9. The number of Topliss-reactive ketones (excluding diaryl/α,β-unsaturated/α-hetero) is 1. The third-order valence-electron chi connectivity index (χ3n) is 6.25. The third kappa shape index (κ3) is 9.52. The number of aryl methyl sites for hydroxylation is 2. The number of nitrogens with one attached hydrogen (secondary N) is 2. The van der Waals surface area contributed by atoms with Crippen LogP contribution in [-0.4, -0.2) is 50.7 Å². The highest BCUT2D eigenvalue weighted by molar-refractivity contribution is 6.43. The molecule has 10 heteroatoms. The molecule has 4 rings (SSSR count). The Labute approximate surface area is 255 Å². The first-order chi connectivity index (χ1) is 20.8. The fourth-order valence-electron chi connectivity index (χ4n) is 3.98. The van der Waals surface area contributed by atoms with Crippen LogP contribution in [0.25, 0.3) is 0 Å². The molecule has 0 atom stereocenters. The number of para-hydroxylation sites is 1. The average molecular weight is 601 g/mol. The average Bonchev–Trinajstić information content (AvgIpc) is 2.97.